The van der Waals surface area contributed by atoms with E-state index in [2.05, 4.69) is 23.9 Å². The Morgan fingerprint density at radius 2 is 2.12 bits per heavy atom. The van der Waals surface area contributed by atoms with Crippen molar-refractivity contribution in [3.8, 4) is 11.8 Å². The Labute approximate surface area is 104 Å². The Morgan fingerprint density at radius 1 is 1.47 bits per heavy atom. The lowest BCUT2D eigenvalue weighted by Crippen LogP contribution is -2.19. The van der Waals surface area contributed by atoms with Gasteiger partial charge in [0.1, 0.15) is 12.3 Å². The maximum absolute atomic E-state index is 10.3. The molecule has 0 heterocycles. The highest BCUT2D eigenvalue weighted by Gasteiger charge is 2.00. The number of carboxylic acid groups (broad SMARTS) is 1. The van der Waals surface area contributed by atoms with Gasteiger partial charge in [-0.3, -0.25) is 10.3 Å². The molecule has 1 rings (SSSR count). The van der Waals surface area contributed by atoms with Gasteiger partial charge in [-0.1, -0.05) is 30.0 Å². The molecule has 0 saturated heterocycles. The number of hydrogen-bond donors (Lipinski definition) is 2. The van der Waals surface area contributed by atoms with Crippen LogP contribution in [-0.4, -0.2) is 17.7 Å². The standard InChI is InChI=1S/C12H10ClNO3/c1-9(12(15)16)14-17-8-2-3-10-4-6-11(13)7-5-10/h4-7,14H,1,8H2,(H,15,16). The molecule has 0 aliphatic carbocycles. The van der Waals surface area contributed by atoms with E-state index in [1.165, 1.54) is 0 Å². The van der Waals surface area contributed by atoms with Gasteiger partial charge in [-0.2, -0.15) is 0 Å². The third-order valence-corrected chi connectivity index (χ3v) is 1.93. The summed E-state index contributed by atoms with van der Waals surface area (Å²) < 4.78 is 0. The molecule has 0 unspecified atom stereocenters. The molecule has 0 amide bonds. The Kier molecular flexibility index (Phi) is 5.08. The van der Waals surface area contributed by atoms with Crippen molar-refractivity contribution in [3.05, 3.63) is 47.1 Å². The summed E-state index contributed by atoms with van der Waals surface area (Å²) >= 11 is 5.71. The van der Waals surface area contributed by atoms with E-state index < -0.39 is 5.97 Å². The fraction of sp³-hybridized carbons (Fsp3) is 0.0833. The molecule has 4 nitrogen and oxygen atoms in total. The van der Waals surface area contributed by atoms with Crippen LogP contribution in [0.25, 0.3) is 0 Å². The molecule has 0 fully saturated rings. The van der Waals surface area contributed by atoms with Gasteiger partial charge in [0.25, 0.3) is 0 Å². The van der Waals surface area contributed by atoms with E-state index in [1.807, 2.05) is 0 Å². The van der Waals surface area contributed by atoms with E-state index in [0.29, 0.717) is 5.02 Å². The zero-order valence-electron chi connectivity index (χ0n) is 8.87. The maximum Gasteiger partial charge on any atom is 0.353 e. The number of hydrogen-bond acceptors (Lipinski definition) is 3. The average Bonchev–Trinajstić information content (AvgIpc) is 2.30. The maximum atomic E-state index is 10.3. The van der Waals surface area contributed by atoms with E-state index >= 15 is 0 Å². The number of hydroxylamine groups is 1. The highest BCUT2D eigenvalue weighted by molar-refractivity contribution is 6.30. The lowest BCUT2D eigenvalue weighted by atomic mass is 10.2. The summed E-state index contributed by atoms with van der Waals surface area (Å²) in [6, 6.07) is 7.02. The Balaban J connectivity index is 2.34. The lowest BCUT2D eigenvalue weighted by Gasteiger charge is -2.01. The largest absolute Gasteiger partial charge is 0.477 e. The molecule has 0 aromatic heterocycles. The van der Waals surface area contributed by atoms with E-state index in [0.717, 1.165) is 5.56 Å². The van der Waals surface area contributed by atoms with Crippen molar-refractivity contribution < 1.29 is 14.7 Å². The first-order chi connectivity index (χ1) is 8.09. The molecule has 0 radical (unpaired) electrons. The van der Waals surface area contributed by atoms with Gasteiger partial charge in [-0.25, -0.2) is 4.79 Å². The molecule has 0 aliphatic heterocycles. The molecule has 2 N–H and O–H groups in total. The minimum absolute atomic E-state index is 0.0505. The Bertz CT molecular complexity index is 471. The van der Waals surface area contributed by atoms with Crippen LogP contribution in [0.1, 0.15) is 5.56 Å². The Hall–Kier alpha value is -1.96. The summed E-state index contributed by atoms with van der Waals surface area (Å²) in [5.74, 6) is 4.36. The Morgan fingerprint density at radius 3 is 2.71 bits per heavy atom. The number of aliphatic carboxylic acids is 1. The SMILES string of the molecule is C=C(NOCC#Cc1ccc(Cl)cc1)C(=O)O. The second-order valence-corrected chi connectivity index (χ2v) is 3.42. The van der Waals surface area contributed by atoms with Crippen molar-refractivity contribution in [3.63, 3.8) is 0 Å². The molecule has 0 aliphatic rings. The number of carboxylic acids is 1. The highest BCUT2D eigenvalue weighted by Crippen LogP contribution is 2.08. The quantitative estimate of drug-likeness (QED) is 0.371. The van der Waals surface area contributed by atoms with Crippen LogP contribution < -0.4 is 5.48 Å². The van der Waals surface area contributed by atoms with E-state index in [4.69, 9.17) is 21.5 Å². The lowest BCUT2D eigenvalue weighted by molar-refractivity contribution is -0.134. The fourth-order valence-corrected chi connectivity index (χ4v) is 1.00. The van der Waals surface area contributed by atoms with Crippen LogP contribution in [-0.2, 0) is 9.63 Å². The highest BCUT2D eigenvalue weighted by atomic mass is 35.5. The minimum Gasteiger partial charge on any atom is -0.477 e. The first-order valence-corrected chi connectivity index (χ1v) is 5.02. The number of carbonyl (C=O) groups is 1. The summed E-state index contributed by atoms with van der Waals surface area (Å²) in [5, 5.41) is 9.10. The molecular weight excluding hydrogens is 242 g/mol. The van der Waals surface area contributed by atoms with Gasteiger partial charge in [0.15, 0.2) is 0 Å². The zero-order valence-corrected chi connectivity index (χ0v) is 9.62. The second-order valence-electron chi connectivity index (χ2n) is 2.98. The summed E-state index contributed by atoms with van der Waals surface area (Å²) in [6.07, 6.45) is 0. The van der Waals surface area contributed by atoms with Gasteiger partial charge in [0.2, 0.25) is 0 Å². The topological polar surface area (TPSA) is 58.6 Å². The van der Waals surface area contributed by atoms with Crippen molar-refractivity contribution >= 4 is 17.6 Å². The number of benzene rings is 1. The van der Waals surface area contributed by atoms with Crippen LogP contribution in [0.15, 0.2) is 36.5 Å². The molecule has 0 bridgehead atoms. The van der Waals surface area contributed by atoms with Gasteiger partial charge in [0, 0.05) is 10.6 Å². The first-order valence-electron chi connectivity index (χ1n) is 4.64. The molecule has 0 saturated carbocycles. The van der Waals surface area contributed by atoms with Crippen LogP contribution in [0.5, 0.6) is 0 Å². The summed E-state index contributed by atoms with van der Waals surface area (Å²) in [6.45, 7) is 3.27. The third-order valence-electron chi connectivity index (χ3n) is 1.67. The van der Waals surface area contributed by atoms with Crippen LogP contribution >= 0.6 is 11.6 Å². The fourth-order valence-electron chi connectivity index (χ4n) is 0.874. The zero-order chi connectivity index (χ0) is 12.7. The smallest absolute Gasteiger partial charge is 0.353 e. The predicted molar refractivity (Wildman–Crippen MR) is 64.2 cm³/mol. The van der Waals surface area contributed by atoms with E-state index in [9.17, 15) is 4.79 Å². The van der Waals surface area contributed by atoms with Gasteiger partial charge in [-0.15, -0.1) is 0 Å². The van der Waals surface area contributed by atoms with Gasteiger partial charge >= 0.3 is 5.97 Å². The van der Waals surface area contributed by atoms with E-state index in [-0.39, 0.29) is 12.3 Å². The van der Waals surface area contributed by atoms with Gasteiger partial charge in [0.05, 0.1) is 0 Å². The average molecular weight is 252 g/mol. The summed E-state index contributed by atoms with van der Waals surface area (Å²) in [4.78, 5) is 15.1. The number of nitrogens with one attached hydrogen (secondary N) is 1. The summed E-state index contributed by atoms with van der Waals surface area (Å²) in [7, 11) is 0. The number of rotatable bonds is 4. The van der Waals surface area contributed by atoms with E-state index in [1.54, 1.807) is 24.3 Å². The molecule has 0 atom stereocenters. The first kappa shape index (κ1) is 13.1. The molecule has 1 aromatic carbocycles. The van der Waals surface area contributed by atoms with Crippen LogP contribution in [0, 0.1) is 11.8 Å². The molecule has 5 heteroatoms. The van der Waals surface area contributed by atoms with Gasteiger partial charge in [-0.05, 0) is 24.3 Å². The van der Waals surface area contributed by atoms with Crippen molar-refractivity contribution in [1.29, 1.82) is 0 Å². The molecule has 88 valence electrons. The van der Waals surface area contributed by atoms with Crippen molar-refractivity contribution in [2.45, 2.75) is 0 Å². The van der Waals surface area contributed by atoms with Crippen LogP contribution in [0.2, 0.25) is 5.02 Å². The van der Waals surface area contributed by atoms with Crippen LogP contribution in [0.4, 0.5) is 0 Å². The third kappa shape index (κ3) is 5.07. The second kappa shape index (κ2) is 6.59. The van der Waals surface area contributed by atoms with Crippen molar-refractivity contribution in [1.82, 2.24) is 5.48 Å². The van der Waals surface area contributed by atoms with Crippen LogP contribution in [0.3, 0.4) is 0 Å². The molecular formula is C12H10ClNO3. The molecule has 17 heavy (non-hydrogen) atoms. The minimum atomic E-state index is -1.17. The predicted octanol–water partition coefficient (Wildman–Crippen LogP) is 1.81. The summed E-state index contributed by atoms with van der Waals surface area (Å²) in [5.41, 5.74) is 2.72. The van der Waals surface area contributed by atoms with Gasteiger partial charge < -0.3 is 5.11 Å². The van der Waals surface area contributed by atoms with Crippen molar-refractivity contribution in [2.24, 2.45) is 0 Å². The normalized spacial score (nSPS) is 9.00. The number of halogens is 1. The molecule has 0 spiro atoms. The molecule has 1 aromatic rings. The van der Waals surface area contributed by atoms with Crippen molar-refractivity contribution in [2.75, 3.05) is 6.61 Å². The monoisotopic (exact) mass is 251 g/mol.